The molecular formula is C37H39N3S+2. The Balaban J connectivity index is 1.58. The van der Waals surface area contributed by atoms with Gasteiger partial charge in [-0.2, -0.15) is 9.48 Å². The Labute approximate surface area is 247 Å². The molecule has 0 fully saturated rings. The number of para-hydroxylation sites is 1. The predicted molar refractivity (Wildman–Crippen MR) is 172 cm³/mol. The number of hydrogen-bond donors (Lipinski definition) is 0. The first-order chi connectivity index (χ1) is 19.6. The highest BCUT2D eigenvalue weighted by atomic mass is 32.1. The Bertz CT molecular complexity index is 1970. The molecule has 0 saturated heterocycles. The van der Waals surface area contributed by atoms with E-state index in [2.05, 4.69) is 142 Å². The molecule has 5 aromatic rings. The summed E-state index contributed by atoms with van der Waals surface area (Å²) in [6.07, 6.45) is 0. The molecule has 3 aromatic carbocycles. The van der Waals surface area contributed by atoms with Gasteiger partial charge in [-0.15, -0.1) is 15.9 Å². The van der Waals surface area contributed by atoms with Crippen LogP contribution < -0.4 is 4.57 Å². The average Bonchev–Trinajstić information content (AvgIpc) is 3.52. The molecular weight excluding hydrogens is 518 g/mol. The third kappa shape index (κ3) is 2.80. The number of pyridine rings is 1. The molecule has 4 heterocycles. The fourth-order valence-electron chi connectivity index (χ4n) is 8.53. The van der Waals surface area contributed by atoms with Gasteiger partial charge in [0, 0.05) is 38.1 Å². The molecule has 1 unspecified atom stereocenters. The third-order valence-corrected chi connectivity index (χ3v) is 11.0. The van der Waals surface area contributed by atoms with E-state index in [9.17, 15) is 0 Å². The van der Waals surface area contributed by atoms with Gasteiger partial charge < -0.3 is 0 Å². The number of rotatable bonds is 3. The highest BCUT2D eigenvalue weighted by molar-refractivity contribution is 7.22. The van der Waals surface area contributed by atoms with Crippen LogP contribution in [0.5, 0.6) is 0 Å². The molecule has 3 nitrogen and oxygen atoms in total. The van der Waals surface area contributed by atoms with Crippen molar-refractivity contribution in [3.8, 4) is 21.7 Å². The van der Waals surface area contributed by atoms with Crippen LogP contribution in [-0.2, 0) is 11.2 Å². The highest BCUT2D eigenvalue weighted by Crippen LogP contribution is 2.61. The summed E-state index contributed by atoms with van der Waals surface area (Å²) in [6, 6.07) is 28.3. The van der Waals surface area contributed by atoms with E-state index in [0.29, 0.717) is 18.0 Å². The Kier molecular flexibility index (Phi) is 4.97. The molecule has 4 heteroatoms. The van der Waals surface area contributed by atoms with E-state index in [1.165, 1.54) is 65.2 Å². The average molecular weight is 558 g/mol. The fourth-order valence-corrected chi connectivity index (χ4v) is 9.95. The summed E-state index contributed by atoms with van der Waals surface area (Å²) in [6.45, 7) is 19.0. The number of hydrogen-bond acceptors (Lipinski definition) is 2. The normalized spacial score (nSPS) is 20.0. The van der Waals surface area contributed by atoms with Crippen LogP contribution in [0.25, 0.3) is 42.7 Å². The first kappa shape index (κ1) is 25.2. The second-order valence-electron chi connectivity index (χ2n) is 13.5. The van der Waals surface area contributed by atoms with Gasteiger partial charge in [0.05, 0.1) is 11.5 Å². The predicted octanol–water partition coefficient (Wildman–Crippen LogP) is 8.49. The Hall–Kier alpha value is -3.50. The van der Waals surface area contributed by atoms with Crippen LogP contribution in [0.1, 0.15) is 72.1 Å². The fraction of sp³-hybridized carbons (Fsp3) is 0.351. The quantitative estimate of drug-likeness (QED) is 0.202. The van der Waals surface area contributed by atoms with Crippen molar-refractivity contribution < 1.29 is 9.14 Å². The van der Waals surface area contributed by atoms with Crippen LogP contribution in [-0.4, -0.2) is 27.4 Å². The molecule has 1 aliphatic carbocycles. The van der Waals surface area contributed by atoms with Crippen molar-refractivity contribution in [3.05, 3.63) is 89.5 Å². The van der Waals surface area contributed by atoms with Crippen molar-refractivity contribution in [3.63, 3.8) is 0 Å². The molecule has 3 aliphatic rings. The lowest BCUT2D eigenvalue weighted by atomic mass is 9.80. The largest absolute Gasteiger partial charge is 0.479 e. The van der Waals surface area contributed by atoms with Crippen LogP contribution >= 0.6 is 11.3 Å². The van der Waals surface area contributed by atoms with E-state index in [0.717, 1.165) is 0 Å². The molecule has 2 aromatic heterocycles. The maximum atomic E-state index is 2.73. The molecule has 0 radical (unpaired) electrons. The summed E-state index contributed by atoms with van der Waals surface area (Å²) < 4.78 is 6.81. The smallest absolute Gasteiger partial charge is 0.156 e. The van der Waals surface area contributed by atoms with E-state index in [-0.39, 0.29) is 5.41 Å². The number of aromatic nitrogens is 1. The van der Waals surface area contributed by atoms with Crippen molar-refractivity contribution in [2.45, 2.75) is 78.7 Å². The molecule has 2 aliphatic heterocycles. The summed E-state index contributed by atoms with van der Waals surface area (Å²) in [5.41, 5.74) is 9.82. The standard InChI is InChI=1S/C37H39N3S/c1-21(2)35-38(22(3)4)37(39(35)23(5)6)27-19-18-26-32(31(27)29-20-17-24-13-9-11-15-28(24)40(29)37)34-33(36(26,7)8)25-14-10-12-16-30(25)41-34/h9-23H,1-8H3/q+2. The van der Waals surface area contributed by atoms with Crippen LogP contribution in [0.15, 0.2) is 72.8 Å². The number of nitrogens with zero attached hydrogens (tertiary/aromatic N) is 3. The molecule has 1 spiro atoms. The first-order valence-electron chi connectivity index (χ1n) is 15.2. The Morgan fingerprint density at radius 2 is 1.46 bits per heavy atom. The SMILES string of the molecule is CC(C)C1=[N+](C(C)C)C2(c3ccc4c(c3-c3ccc5ccccc5[n+]32)-c2sc3ccccc3c2C4(C)C)N1C(C)C. The van der Waals surface area contributed by atoms with Gasteiger partial charge in [-0.05, 0) is 68.5 Å². The molecule has 0 N–H and O–H groups in total. The van der Waals surface area contributed by atoms with E-state index in [4.69, 9.17) is 0 Å². The van der Waals surface area contributed by atoms with Crippen LogP contribution in [0.3, 0.4) is 0 Å². The molecule has 206 valence electrons. The third-order valence-electron chi connectivity index (χ3n) is 9.81. The maximum Gasteiger partial charge on any atom is 0.479 e. The van der Waals surface area contributed by atoms with Crippen LogP contribution in [0.2, 0.25) is 0 Å². The van der Waals surface area contributed by atoms with Crippen molar-refractivity contribution in [2.75, 3.05) is 0 Å². The number of thiophene rings is 1. The maximum absolute atomic E-state index is 2.73. The first-order valence-corrected chi connectivity index (χ1v) is 16.0. The second-order valence-corrected chi connectivity index (χ2v) is 14.6. The molecule has 0 bridgehead atoms. The Morgan fingerprint density at radius 1 is 0.756 bits per heavy atom. The Morgan fingerprint density at radius 3 is 2.20 bits per heavy atom. The zero-order valence-electron chi connectivity index (χ0n) is 25.4. The number of fused-ring (bicyclic) bond motifs is 13. The van der Waals surface area contributed by atoms with Gasteiger partial charge >= 0.3 is 5.79 Å². The van der Waals surface area contributed by atoms with E-state index < -0.39 is 5.79 Å². The highest BCUT2D eigenvalue weighted by Gasteiger charge is 2.77. The van der Waals surface area contributed by atoms with Gasteiger partial charge in [-0.25, -0.2) is 0 Å². The van der Waals surface area contributed by atoms with Gasteiger partial charge in [0.2, 0.25) is 11.2 Å². The minimum Gasteiger partial charge on any atom is -0.156 e. The van der Waals surface area contributed by atoms with Gasteiger partial charge in [0.25, 0.3) is 5.84 Å². The van der Waals surface area contributed by atoms with Crippen molar-refractivity contribution in [1.82, 2.24) is 4.90 Å². The monoisotopic (exact) mass is 557 g/mol. The van der Waals surface area contributed by atoms with Crippen LogP contribution in [0.4, 0.5) is 0 Å². The van der Waals surface area contributed by atoms with E-state index in [1.807, 2.05) is 11.3 Å². The zero-order valence-corrected chi connectivity index (χ0v) is 26.2. The van der Waals surface area contributed by atoms with Gasteiger partial charge in [-0.3, -0.25) is 0 Å². The number of benzene rings is 3. The second kappa shape index (κ2) is 8.07. The lowest BCUT2D eigenvalue weighted by molar-refractivity contribution is -0.955. The lowest BCUT2D eigenvalue weighted by Gasteiger charge is -2.46. The van der Waals surface area contributed by atoms with E-state index >= 15 is 0 Å². The lowest BCUT2D eigenvalue weighted by Crippen LogP contribution is -2.83. The summed E-state index contributed by atoms with van der Waals surface area (Å²) in [5.74, 6) is 1.46. The van der Waals surface area contributed by atoms with Crippen molar-refractivity contribution >= 4 is 38.2 Å². The summed E-state index contributed by atoms with van der Waals surface area (Å²) in [4.78, 5) is 4.19. The van der Waals surface area contributed by atoms with Crippen molar-refractivity contribution in [2.24, 2.45) is 5.92 Å². The molecule has 41 heavy (non-hydrogen) atoms. The van der Waals surface area contributed by atoms with Gasteiger partial charge in [-0.1, -0.05) is 64.1 Å². The summed E-state index contributed by atoms with van der Waals surface area (Å²) in [7, 11) is 0. The van der Waals surface area contributed by atoms with Crippen LogP contribution in [0, 0.1) is 5.92 Å². The summed E-state index contributed by atoms with van der Waals surface area (Å²) >= 11 is 1.98. The minimum atomic E-state index is -0.411. The molecule has 8 rings (SSSR count). The zero-order chi connectivity index (χ0) is 28.6. The number of amidine groups is 1. The van der Waals surface area contributed by atoms with E-state index in [1.54, 1.807) is 0 Å². The summed E-state index contributed by atoms with van der Waals surface area (Å²) in [5, 5.41) is 2.70. The van der Waals surface area contributed by atoms with Gasteiger partial charge in [0.1, 0.15) is 17.6 Å². The van der Waals surface area contributed by atoms with Crippen molar-refractivity contribution in [1.29, 1.82) is 0 Å². The minimum absolute atomic E-state index is 0.0545. The van der Waals surface area contributed by atoms with Gasteiger partial charge in [0.15, 0.2) is 0 Å². The molecule has 0 amide bonds. The topological polar surface area (TPSA) is 10.1 Å². The molecule has 1 atom stereocenters. The molecule has 0 saturated carbocycles.